The molecule has 0 unspecified atom stereocenters. The maximum atomic E-state index is 13.5. The van der Waals surface area contributed by atoms with E-state index in [4.69, 9.17) is 14.2 Å². The molecule has 0 aromatic heterocycles. The Kier molecular flexibility index (Phi) is 6.94. The van der Waals surface area contributed by atoms with Crippen LogP contribution in [0.2, 0.25) is 0 Å². The molecule has 0 spiro atoms. The second kappa shape index (κ2) is 8.19. The van der Waals surface area contributed by atoms with Gasteiger partial charge in [0.1, 0.15) is 14.8 Å². The molecule has 0 heterocycles. The SMILES string of the molecule is COC1(OC)[C@]2(Br)C[C@@H](C(=O)O[C@@H]3C[C@H](C)CC[C@H]3C(C)C)[C@@]1(Br)C(Br)=C2Br. The van der Waals surface area contributed by atoms with Crippen molar-refractivity contribution in [1.29, 1.82) is 0 Å². The summed E-state index contributed by atoms with van der Waals surface area (Å²) in [4.78, 5) is 13.5. The molecule has 0 radical (unpaired) electrons. The summed E-state index contributed by atoms with van der Waals surface area (Å²) in [7, 11) is 3.21. The van der Waals surface area contributed by atoms with Crippen molar-refractivity contribution in [2.45, 2.75) is 67.0 Å². The standard InChI is InChI=1S/C20H28Br4O4/c1-10(2)12-7-6-11(3)8-14(12)28-17(25)13-9-18(23)15(21)16(22)19(13,24)20(18,26-4)27-5/h10-14H,6-9H2,1-5H3/t11-,12+,13+,14-,18+,19-/m1/s1. The lowest BCUT2D eigenvalue weighted by molar-refractivity contribution is -0.214. The van der Waals surface area contributed by atoms with E-state index in [0.717, 1.165) is 21.8 Å². The Morgan fingerprint density at radius 2 is 1.71 bits per heavy atom. The second-order valence-electron chi connectivity index (χ2n) is 8.72. The molecule has 0 aromatic rings. The van der Waals surface area contributed by atoms with Crippen LogP contribution in [0.25, 0.3) is 0 Å². The minimum Gasteiger partial charge on any atom is -0.462 e. The van der Waals surface area contributed by atoms with Gasteiger partial charge in [0, 0.05) is 23.2 Å². The summed E-state index contributed by atoms with van der Waals surface area (Å²) in [6, 6.07) is 0. The molecule has 0 saturated heterocycles. The third-order valence-corrected chi connectivity index (χ3v) is 13.3. The predicted octanol–water partition coefficient (Wildman–Crippen LogP) is 6.28. The van der Waals surface area contributed by atoms with Crippen LogP contribution >= 0.6 is 63.7 Å². The van der Waals surface area contributed by atoms with E-state index in [1.54, 1.807) is 14.2 Å². The summed E-state index contributed by atoms with van der Waals surface area (Å²) in [6.07, 6.45) is 3.70. The van der Waals surface area contributed by atoms with Crippen LogP contribution in [0, 0.1) is 23.7 Å². The van der Waals surface area contributed by atoms with Crippen molar-refractivity contribution in [3.8, 4) is 0 Å². The molecular formula is C20H28Br4O4. The highest BCUT2D eigenvalue weighted by Crippen LogP contribution is 2.73. The average molecular weight is 652 g/mol. The Bertz CT molecular complexity index is 677. The number of hydrogen-bond donors (Lipinski definition) is 0. The Labute approximate surface area is 201 Å². The molecule has 28 heavy (non-hydrogen) atoms. The van der Waals surface area contributed by atoms with Crippen LogP contribution < -0.4 is 0 Å². The van der Waals surface area contributed by atoms with Gasteiger partial charge in [0.2, 0.25) is 5.79 Å². The molecule has 2 bridgehead atoms. The van der Waals surface area contributed by atoms with E-state index in [1.165, 1.54) is 6.42 Å². The van der Waals surface area contributed by atoms with E-state index in [0.29, 0.717) is 24.2 Å². The third-order valence-electron chi connectivity index (χ3n) is 6.91. The molecule has 0 aliphatic heterocycles. The summed E-state index contributed by atoms with van der Waals surface area (Å²) in [5, 5.41) is 0. The van der Waals surface area contributed by atoms with Crippen LogP contribution in [-0.4, -0.2) is 40.7 Å². The van der Waals surface area contributed by atoms with Crippen LogP contribution in [0.4, 0.5) is 0 Å². The second-order valence-corrected chi connectivity index (χ2v) is 12.9. The maximum Gasteiger partial charge on any atom is 0.311 e. The van der Waals surface area contributed by atoms with Crippen LogP contribution in [0.5, 0.6) is 0 Å². The average Bonchev–Trinajstić information content (AvgIpc) is 2.92. The first-order valence-corrected chi connectivity index (χ1v) is 12.9. The first-order valence-electron chi connectivity index (χ1n) is 9.75. The minimum absolute atomic E-state index is 0.0385. The van der Waals surface area contributed by atoms with Gasteiger partial charge in [0.15, 0.2) is 0 Å². The number of halogens is 4. The molecule has 8 heteroatoms. The van der Waals surface area contributed by atoms with Gasteiger partial charge >= 0.3 is 5.97 Å². The van der Waals surface area contributed by atoms with Crippen molar-refractivity contribution in [3.63, 3.8) is 0 Å². The molecule has 3 aliphatic carbocycles. The van der Waals surface area contributed by atoms with E-state index < -0.39 is 20.4 Å². The number of carbonyl (C=O) groups excluding carboxylic acids is 1. The molecule has 4 nitrogen and oxygen atoms in total. The maximum absolute atomic E-state index is 13.5. The van der Waals surface area contributed by atoms with Crippen molar-refractivity contribution >= 4 is 69.7 Å². The monoisotopic (exact) mass is 648 g/mol. The first-order chi connectivity index (χ1) is 13.0. The minimum atomic E-state index is -1.08. The smallest absolute Gasteiger partial charge is 0.311 e. The zero-order chi connectivity index (χ0) is 21.1. The summed E-state index contributed by atoms with van der Waals surface area (Å²) in [5.41, 5.74) is 0. The number of hydrogen-bond acceptors (Lipinski definition) is 4. The van der Waals surface area contributed by atoms with E-state index in [9.17, 15) is 4.79 Å². The van der Waals surface area contributed by atoms with Crippen molar-refractivity contribution < 1.29 is 19.0 Å². The number of alkyl halides is 2. The summed E-state index contributed by atoms with van der Waals surface area (Å²) in [5.74, 6) is -0.262. The van der Waals surface area contributed by atoms with Crippen LogP contribution in [0.3, 0.4) is 0 Å². The van der Waals surface area contributed by atoms with Crippen molar-refractivity contribution in [1.82, 2.24) is 0 Å². The highest BCUT2D eigenvalue weighted by molar-refractivity contribution is 9.16. The molecule has 0 aromatic carbocycles. The van der Waals surface area contributed by atoms with E-state index in [1.807, 2.05) is 0 Å². The Balaban J connectivity index is 1.91. The number of rotatable bonds is 5. The first kappa shape index (κ1) is 23.7. The number of carbonyl (C=O) groups is 1. The van der Waals surface area contributed by atoms with Gasteiger partial charge < -0.3 is 14.2 Å². The fraction of sp³-hybridized carbons (Fsp3) is 0.850. The number of fused-ring (bicyclic) bond motifs is 2. The lowest BCUT2D eigenvalue weighted by Gasteiger charge is -2.42. The topological polar surface area (TPSA) is 44.8 Å². The van der Waals surface area contributed by atoms with Gasteiger partial charge in [-0.25, -0.2) is 0 Å². The van der Waals surface area contributed by atoms with E-state index in [2.05, 4.69) is 84.5 Å². The highest BCUT2D eigenvalue weighted by atomic mass is 79.9. The molecule has 0 amide bonds. The Morgan fingerprint density at radius 1 is 1.11 bits per heavy atom. The lowest BCUT2D eigenvalue weighted by atomic mass is 9.75. The molecular weight excluding hydrogens is 624 g/mol. The highest BCUT2D eigenvalue weighted by Gasteiger charge is 2.81. The predicted molar refractivity (Wildman–Crippen MR) is 124 cm³/mol. The summed E-state index contributed by atoms with van der Waals surface area (Å²) in [6.45, 7) is 6.68. The Morgan fingerprint density at radius 3 is 2.21 bits per heavy atom. The van der Waals surface area contributed by atoms with Gasteiger partial charge in [-0.2, -0.15) is 0 Å². The third kappa shape index (κ3) is 3.09. The Hall–Kier alpha value is 1.05. The van der Waals surface area contributed by atoms with Crippen molar-refractivity contribution in [3.05, 3.63) is 8.96 Å². The fourth-order valence-electron chi connectivity index (χ4n) is 5.37. The molecule has 3 aliphatic rings. The van der Waals surface area contributed by atoms with Crippen LogP contribution in [0.1, 0.15) is 46.5 Å². The van der Waals surface area contributed by atoms with E-state index in [-0.39, 0.29) is 12.1 Å². The number of esters is 1. The number of methoxy groups -OCH3 is 2. The normalized spacial score (nSPS) is 42.4. The van der Waals surface area contributed by atoms with Gasteiger partial charge in [-0.1, -0.05) is 90.9 Å². The van der Waals surface area contributed by atoms with Crippen molar-refractivity contribution in [2.75, 3.05) is 14.2 Å². The van der Waals surface area contributed by atoms with Gasteiger partial charge in [-0.3, -0.25) is 4.79 Å². The fourth-order valence-corrected chi connectivity index (χ4v) is 10.1. The molecule has 0 N–H and O–H groups in total. The molecule has 160 valence electrons. The number of ether oxygens (including phenoxy) is 3. The largest absolute Gasteiger partial charge is 0.462 e. The molecule has 6 atom stereocenters. The van der Waals surface area contributed by atoms with Gasteiger partial charge in [0.05, 0.1) is 5.92 Å². The quantitative estimate of drug-likeness (QED) is 0.200. The van der Waals surface area contributed by atoms with Crippen LogP contribution in [0.15, 0.2) is 8.96 Å². The van der Waals surface area contributed by atoms with Gasteiger partial charge in [-0.15, -0.1) is 0 Å². The zero-order valence-electron chi connectivity index (χ0n) is 16.9. The zero-order valence-corrected chi connectivity index (χ0v) is 23.2. The van der Waals surface area contributed by atoms with Gasteiger partial charge in [0.25, 0.3) is 0 Å². The van der Waals surface area contributed by atoms with E-state index >= 15 is 0 Å². The molecule has 2 saturated carbocycles. The summed E-state index contributed by atoms with van der Waals surface area (Å²) < 4.78 is 18.1. The molecule has 2 fully saturated rings. The lowest BCUT2D eigenvalue weighted by Crippen LogP contribution is -2.57. The van der Waals surface area contributed by atoms with Gasteiger partial charge in [-0.05, 0) is 37.0 Å². The summed E-state index contributed by atoms with van der Waals surface area (Å²) >= 11 is 15.0. The van der Waals surface area contributed by atoms with Crippen molar-refractivity contribution in [2.24, 2.45) is 23.7 Å². The van der Waals surface area contributed by atoms with Crippen LogP contribution in [-0.2, 0) is 19.0 Å². The molecule has 3 rings (SSSR count).